The van der Waals surface area contributed by atoms with E-state index in [0.29, 0.717) is 0 Å². The Morgan fingerprint density at radius 2 is 1.88 bits per heavy atom. The Morgan fingerprint density at radius 3 is 2.64 bits per heavy atom. The number of benzene rings is 2. The van der Waals surface area contributed by atoms with Crippen molar-refractivity contribution >= 4 is 34.0 Å². The maximum Gasteiger partial charge on any atom is 0.307 e. The summed E-state index contributed by atoms with van der Waals surface area (Å²) in [7, 11) is 1.35. The second-order valence-electron chi connectivity index (χ2n) is 5.73. The average Bonchev–Trinajstić information content (AvgIpc) is 3.16. The number of amides is 1. The van der Waals surface area contributed by atoms with Gasteiger partial charge in [-0.15, -0.1) is 11.3 Å². The summed E-state index contributed by atoms with van der Waals surface area (Å²) in [5.74, 6) is -0.456. The van der Waals surface area contributed by atoms with Gasteiger partial charge >= 0.3 is 5.97 Å². The average molecular weight is 353 g/mol. The smallest absolute Gasteiger partial charge is 0.307 e. The van der Waals surface area contributed by atoms with E-state index < -0.39 is 0 Å². The Kier molecular flexibility index (Phi) is 5.46. The molecule has 4 nitrogen and oxygen atoms in total. The number of carbonyl (C=O) groups is 2. The second kappa shape index (κ2) is 7.94. The van der Waals surface area contributed by atoms with Crippen LogP contribution in [0.3, 0.4) is 0 Å². The Bertz CT molecular complexity index is 868. The topological polar surface area (TPSA) is 55.4 Å². The van der Waals surface area contributed by atoms with Crippen molar-refractivity contribution in [1.29, 1.82) is 0 Å². The second-order valence-corrected chi connectivity index (χ2v) is 6.71. The lowest BCUT2D eigenvalue weighted by molar-refractivity contribution is -0.141. The molecule has 3 aromatic rings. The molecule has 128 valence electrons. The van der Waals surface area contributed by atoms with Crippen LogP contribution in [-0.4, -0.2) is 19.0 Å². The number of fused-ring (bicyclic) bond motifs is 1. The number of esters is 1. The van der Waals surface area contributed by atoms with Crippen LogP contribution < -0.4 is 5.32 Å². The van der Waals surface area contributed by atoms with E-state index >= 15 is 0 Å². The monoisotopic (exact) mass is 353 g/mol. The van der Waals surface area contributed by atoms with Crippen molar-refractivity contribution in [3.63, 3.8) is 0 Å². The Morgan fingerprint density at radius 1 is 1.08 bits per heavy atom. The molecule has 1 amide bonds. The van der Waals surface area contributed by atoms with Gasteiger partial charge in [-0.1, -0.05) is 48.5 Å². The van der Waals surface area contributed by atoms with Gasteiger partial charge < -0.3 is 10.1 Å². The molecule has 1 aromatic heterocycles. The number of ether oxygens (including phenoxy) is 1. The van der Waals surface area contributed by atoms with Crippen LogP contribution >= 0.6 is 11.3 Å². The summed E-state index contributed by atoms with van der Waals surface area (Å²) in [6, 6.07) is 17.4. The summed E-state index contributed by atoms with van der Waals surface area (Å²) in [6.45, 7) is 0. The van der Waals surface area contributed by atoms with E-state index in [4.69, 9.17) is 4.74 Å². The molecule has 0 radical (unpaired) electrons. The molecule has 0 aliphatic carbocycles. The van der Waals surface area contributed by atoms with Crippen molar-refractivity contribution in [3.8, 4) is 0 Å². The van der Waals surface area contributed by atoms with Gasteiger partial charge in [0.15, 0.2) is 0 Å². The maximum absolute atomic E-state index is 12.6. The van der Waals surface area contributed by atoms with Gasteiger partial charge in [0.05, 0.1) is 26.0 Å². The molecule has 0 saturated heterocycles. The maximum atomic E-state index is 12.6. The first-order chi connectivity index (χ1) is 12.2. The van der Waals surface area contributed by atoms with Crippen LogP contribution in [0.2, 0.25) is 0 Å². The van der Waals surface area contributed by atoms with Crippen molar-refractivity contribution in [2.45, 2.75) is 18.9 Å². The summed E-state index contributed by atoms with van der Waals surface area (Å²) in [5.41, 5.74) is 0.971. The fourth-order valence-electron chi connectivity index (χ4n) is 2.83. The largest absolute Gasteiger partial charge is 0.469 e. The summed E-state index contributed by atoms with van der Waals surface area (Å²) in [4.78, 5) is 25.2. The highest BCUT2D eigenvalue weighted by atomic mass is 32.1. The summed E-state index contributed by atoms with van der Waals surface area (Å²) in [5, 5.41) is 7.07. The van der Waals surface area contributed by atoms with E-state index in [2.05, 4.69) is 5.32 Å². The molecule has 1 unspecified atom stereocenters. The first kappa shape index (κ1) is 17.2. The third kappa shape index (κ3) is 4.25. The van der Waals surface area contributed by atoms with Gasteiger partial charge in [-0.3, -0.25) is 9.59 Å². The molecule has 1 atom stereocenters. The predicted octanol–water partition coefficient (Wildman–Crippen LogP) is 3.86. The molecule has 1 heterocycles. The first-order valence-electron chi connectivity index (χ1n) is 8.03. The fraction of sp³-hybridized carbons (Fsp3) is 0.200. The quantitative estimate of drug-likeness (QED) is 0.685. The zero-order chi connectivity index (χ0) is 17.6. The van der Waals surface area contributed by atoms with Crippen molar-refractivity contribution < 1.29 is 14.3 Å². The van der Waals surface area contributed by atoms with E-state index in [0.717, 1.165) is 21.2 Å². The molecule has 0 aliphatic rings. The minimum atomic E-state index is -0.366. The number of rotatable bonds is 6. The Balaban J connectivity index is 1.76. The van der Waals surface area contributed by atoms with Crippen LogP contribution in [0.15, 0.2) is 60.0 Å². The van der Waals surface area contributed by atoms with Crippen LogP contribution in [0.1, 0.15) is 22.9 Å². The molecule has 0 saturated carbocycles. The molecule has 1 N–H and O–H groups in total. The summed E-state index contributed by atoms with van der Waals surface area (Å²) in [6.07, 6.45) is 0.392. The third-order valence-corrected chi connectivity index (χ3v) is 5.04. The van der Waals surface area contributed by atoms with Gasteiger partial charge in [0.1, 0.15) is 0 Å². The van der Waals surface area contributed by atoms with Crippen molar-refractivity contribution in [1.82, 2.24) is 5.32 Å². The number of thiophene rings is 1. The van der Waals surface area contributed by atoms with Crippen LogP contribution in [0.4, 0.5) is 0 Å². The molecular weight excluding hydrogens is 334 g/mol. The Labute approximate surface area is 150 Å². The predicted molar refractivity (Wildman–Crippen MR) is 99.5 cm³/mol. The summed E-state index contributed by atoms with van der Waals surface area (Å²) >= 11 is 1.51. The number of hydrogen-bond donors (Lipinski definition) is 1. The lowest BCUT2D eigenvalue weighted by Gasteiger charge is -2.17. The normalized spacial score (nSPS) is 11.9. The zero-order valence-corrected chi connectivity index (χ0v) is 14.7. The molecule has 0 bridgehead atoms. The summed E-state index contributed by atoms with van der Waals surface area (Å²) < 4.78 is 4.75. The molecule has 3 rings (SSSR count). The lowest BCUT2D eigenvalue weighted by atomic mass is 10.0. The number of hydrogen-bond acceptors (Lipinski definition) is 4. The van der Waals surface area contributed by atoms with E-state index in [1.165, 1.54) is 18.4 Å². The molecule has 0 spiro atoms. The van der Waals surface area contributed by atoms with Gasteiger partial charge in [-0.05, 0) is 27.8 Å². The Hall–Kier alpha value is -2.66. The highest BCUT2D eigenvalue weighted by molar-refractivity contribution is 7.10. The highest BCUT2D eigenvalue weighted by Gasteiger charge is 2.20. The fourth-order valence-corrected chi connectivity index (χ4v) is 3.61. The van der Waals surface area contributed by atoms with Gasteiger partial charge in [0, 0.05) is 4.88 Å². The van der Waals surface area contributed by atoms with Gasteiger partial charge in [0.25, 0.3) is 0 Å². The van der Waals surface area contributed by atoms with E-state index in [1.54, 1.807) is 0 Å². The van der Waals surface area contributed by atoms with E-state index in [1.807, 2.05) is 60.0 Å². The lowest BCUT2D eigenvalue weighted by Crippen LogP contribution is -2.31. The van der Waals surface area contributed by atoms with Gasteiger partial charge in [-0.25, -0.2) is 0 Å². The van der Waals surface area contributed by atoms with Crippen LogP contribution in [-0.2, 0) is 20.7 Å². The standard InChI is InChI=1S/C20H19NO3S/c1-24-20(23)13-17(18-10-5-11-25-18)21-19(22)12-15-8-4-7-14-6-2-3-9-16(14)15/h2-11,17H,12-13H2,1H3,(H,21,22). The van der Waals surface area contributed by atoms with E-state index in [9.17, 15) is 9.59 Å². The molecule has 0 fully saturated rings. The van der Waals surface area contributed by atoms with Crippen LogP contribution in [0.25, 0.3) is 10.8 Å². The molecule has 0 aliphatic heterocycles. The molecule has 2 aromatic carbocycles. The third-order valence-electron chi connectivity index (χ3n) is 4.05. The van der Waals surface area contributed by atoms with Gasteiger partial charge in [0.2, 0.25) is 5.91 Å². The number of carbonyl (C=O) groups excluding carboxylic acids is 2. The van der Waals surface area contributed by atoms with Crippen molar-refractivity contribution in [3.05, 3.63) is 70.4 Å². The van der Waals surface area contributed by atoms with E-state index in [-0.39, 0.29) is 30.8 Å². The van der Waals surface area contributed by atoms with Gasteiger partial charge in [-0.2, -0.15) is 0 Å². The first-order valence-corrected chi connectivity index (χ1v) is 8.91. The highest BCUT2D eigenvalue weighted by Crippen LogP contribution is 2.23. The molecular formula is C20H19NO3S. The number of methoxy groups -OCH3 is 1. The minimum absolute atomic E-state index is 0.112. The van der Waals surface area contributed by atoms with Crippen molar-refractivity contribution in [2.75, 3.05) is 7.11 Å². The van der Waals surface area contributed by atoms with Crippen LogP contribution in [0.5, 0.6) is 0 Å². The SMILES string of the molecule is COC(=O)CC(NC(=O)Cc1cccc2ccccc12)c1cccs1. The molecule has 25 heavy (non-hydrogen) atoms. The number of nitrogens with one attached hydrogen (secondary N) is 1. The van der Waals surface area contributed by atoms with Crippen LogP contribution in [0, 0.1) is 0 Å². The minimum Gasteiger partial charge on any atom is -0.469 e. The zero-order valence-electron chi connectivity index (χ0n) is 13.9. The molecule has 5 heteroatoms. The van der Waals surface area contributed by atoms with Crippen molar-refractivity contribution in [2.24, 2.45) is 0 Å².